The first-order valence-electron chi connectivity index (χ1n) is 9.43. The Hall–Kier alpha value is -3.11. The molecule has 0 radical (unpaired) electrons. The molecule has 29 heavy (non-hydrogen) atoms. The molecule has 1 aliphatic heterocycles. The molecule has 1 saturated carbocycles. The molecule has 0 N–H and O–H groups in total. The van der Waals surface area contributed by atoms with Gasteiger partial charge < -0.3 is 4.74 Å². The summed E-state index contributed by atoms with van der Waals surface area (Å²) in [6.07, 6.45) is 0. The molecule has 2 aliphatic rings. The summed E-state index contributed by atoms with van der Waals surface area (Å²) in [5.74, 6) is -0.865. The third-order valence-corrected chi connectivity index (χ3v) is 6.30. The Bertz CT molecular complexity index is 1050. The molecule has 1 aliphatic carbocycles. The maximum atomic E-state index is 13.5. The average Bonchev–Trinajstić information content (AvgIpc) is 3.39. The smallest absolute Gasteiger partial charge is 0.239 e. The fourth-order valence-electron chi connectivity index (χ4n) is 4.84. The van der Waals surface area contributed by atoms with E-state index < -0.39 is 17.3 Å². The Balaban J connectivity index is 1.63. The van der Waals surface area contributed by atoms with Gasteiger partial charge in [0, 0.05) is 10.4 Å². The number of ether oxygens (including phenoxy) is 1. The van der Waals surface area contributed by atoms with Crippen LogP contribution in [0.25, 0.3) is 0 Å². The number of carbonyl (C=O) groups is 2. The van der Waals surface area contributed by atoms with Crippen LogP contribution in [0, 0.1) is 11.8 Å². The lowest BCUT2D eigenvalue weighted by Gasteiger charge is -2.27. The van der Waals surface area contributed by atoms with E-state index in [1.165, 1.54) is 12.0 Å². The molecule has 0 spiro atoms. The number of hydrogen-bond acceptors (Lipinski definition) is 3. The molecule has 1 saturated heterocycles. The maximum absolute atomic E-state index is 13.5. The topological polar surface area (TPSA) is 46.6 Å². The average molecular weight is 404 g/mol. The summed E-state index contributed by atoms with van der Waals surface area (Å²) in [4.78, 5) is 28.3. The van der Waals surface area contributed by atoms with Crippen LogP contribution in [0.15, 0.2) is 78.9 Å². The number of imide groups is 1. The number of carbonyl (C=O) groups excluding carboxylic acids is 2. The molecule has 0 unspecified atom stereocenters. The van der Waals surface area contributed by atoms with Gasteiger partial charge in [-0.1, -0.05) is 72.3 Å². The Labute approximate surface area is 173 Å². The molecule has 3 aromatic carbocycles. The predicted molar refractivity (Wildman–Crippen MR) is 111 cm³/mol. The first-order chi connectivity index (χ1) is 14.1. The Kier molecular flexibility index (Phi) is 4.00. The third-order valence-electron chi connectivity index (χ3n) is 6.06. The summed E-state index contributed by atoms with van der Waals surface area (Å²) in [7, 11) is 1.51. The van der Waals surface area contributed by atoms with Gasteiger partial charge in [0.1, 0.15) is 5.75 Å². The molecular formula is C24H18ClNO3. The van der Waals surface area contributed by atoms with E-state index in [0.717, 1.165) is 11.1 Å². The van der Waals surface area contributed by atoms with Gasteiger partial charge in [-0.25, -0.2) is 4.90 Å². The van der Waals surface area contributed by atoms with Crippen LogP contribution in [0.5, 0.6) is 5.75 Å². The van der Waals surface area contributed by atoms with E-state index in [1.54, 1.807) is 18.2 Å². The number of anilines is 1. The highest BCUT2D eigenvalue weighted by Crippen LogP contribution is 2.68. The van der Waals surface area contributed by atoms with Crippen LogP contribution >= 0.6 is 11.6 Å². The van der Waals surface area contributed by atoms with E-state index in [9.17, 15) is 9.59 Å². The highest BCUT2D eigenvalue weighted by Gasteiger charge is 2.78. The lowest BCUT2D eigenvalue weighted by Crippen LogP contribution is -2.39. The van der Waals surface area contributed by atoms with Gasteiger partial charge in [0.15, 0.2) is 0 Å². The van der Waals surface area contributed by atoms with Crippen molar-refractivity contribution in [3.63, 3.8) is 0 Å². The highest BCUT2D eigenvalue weighted by molar-refractivity contribution is 6.32. The number of halogens is 1. The number of nitrogens with zero attached hydrogens (tertiary/aromatic N) is 1. The molecule has 4 nitrogen and oxygen atoms in total. The molecule has 2 atom stereocenters. The van der Waals surface area contributed by atoms with Crippen LogP contribution in [0.4, 0.5) is 5.69 Å². The zero-order valence-electron chi connectivity index (χ0n) is 15.7. The minimum Gasteiger partial charge on any atom is -0.495 e. The quantitative estimate of drug-likeness (QED) is 0.604. The third kappa shape index (κ3) is 2.39. The summed E-state index contributed by atoms with van der Waals surface area (Å²) in [5, 5.41) is 0.444. The Morgan fingerprint density at radius 1 is 0.828 bits per heavy atom. The molecule has 3 aromatic rings. The van der Waals surface area contributed by atoms with Crippen LogP contribution in [0.3, 0.4) is 0 Å². The van der Waals surface area contributed by atoms with E-state index in [2.05, 4.69) is 0 Å². The van der Waals surface area contributed by atoms with Gasteiger partial charge >= 0.3 is 0 Å². The van der Waals surface area contributed by atoms with E-state index in [-0.39, 0.29) is 11.8 Å². The minimum atomic E-state index is -0.626. The predicted octanol–water partition coefficient (Wildman–Crippen LogP) is 4.45. The van der Waals surface area contributed by atoms with Crippen molar-refractivity contribution in [2.75, 3.05) is 12.0 Å². The zero-order chi connectivity index (χ0) is 20.2. The van der Waals surface area contributed by atoms with Crippen LogP contribution in [0.1, 0.15) is 11.1 Å². The number of fused-ring (bicyclic) bond motifs is 1. The molecule has 2 fully saturated rings. The van der Waals surface area contributed by atoms with Crippen LogP contribution in [-0.4, -0.2) is 18.9 Å². The summed E-state index contributed by atoms with van der Waals surface area (Å²) in [5.41, 5.74) is 1.75. The number of hydrogen-bond donors (Lipinski definition) is 0. The van der Waals surface area contributed by atoms with E-state index in [1.807, 2.05) is 60.7 Å². The van der Waals surface area contributed by atoms with Gasteiger partial charge in [-0.05, 0) is 29.3 Å². The second-order valence-electron chi connectivity index (χ2n) is 7.38. The second-order valence-corrected chi connectivity index (χ2v) is 7.82. The van der Waals surface area contributed by atoms with E-state index in [0.29, 0.717) is 16.5 Å². The molecule has 0 bridgehead atoms. The van der Waals surface area contributed by atoms with Crippen molar-refractivity contribution in [3.8, 4) is 5.75 Å². The molecular weight excluding hydrogens is 386 g/mol. The van der Waals surface area contributed by atoms with Gasteiger partial charge in [-0.2, -0.15) is 0 Å². The highest BCUT2D eigenvalue weighted by atomic mass is 35.5. The summed E-state index contributed by atoms with van der Waals surface area (Å²) >= 11 is 6.14. The fourth-order valence-corrected chi connectivity index (χ4v) is 5.00. The van der Waals surface area contributed by atoms with Gasteiger partial charge in [0.25, 0.3) is 0 Å². The summed E-state index contributed by atoms with van der Waals surface area (Å²) < 4.78 is 5.38. The Morgan fingerprint density at radius 3 is 1.83 bits per heavy atom. The number of piperidine rings is 1. The van der Waals surface area contributed by atoms with E-state index in [4.69, 9.17) is 16.3 Å². The number of benzene rings is 3. The van der Waals surface area contributed by atoms with E-state index >= 15 is 0 Å². The largest absolute Gasteiger partial charge is 0.495 e. The van der Waals surface area contributed by atoms with Crippen LogP contribution in [-0.2, 0) is 15.0 Å². The van der Waals surface area contributed by atoms with Crippen molar-refractivity contribution in [2.45, 2.75) is 5.41 Å². The van der Waals surface area contributed by atoms with Crippen molar-refractivity contribution in [2.24, 2.45) is 11.8 Å². The molecule has 2 amide bonds. The molecule has 5 rings (SSSR count). The number of rotatable bonds is 4. The van der Waals surface area contributed by atoms with Crippen molar-refractivity contribution >= 4 is 29.1 Å². The number of methoxy groups -OCH3 is 1. The first-order valence-corrected chi connectivity index (χ1v) is 9.81. The fraction of sp³-hybridized carbons (Fsp3) is 0.167. The van der Waals surface area contributed by atoms with Crippen molar-refractivity contribution < 1.29 is 14.3 Å². The first kappa shape index (κ1) is 18.0. The molecule has 0 aromatic heterocycles. The van der Waals surface area contributed by atoms with Gasteiger partial charge in [-0.15, -0.1) is 0 Å². The lowest BCUT2D eigenvalue weighted by atomic mass is 9.83. The SMILES string of the molecule is COc1ccc(Cl)cc1N1C(=O)[C@@H]2[C@@H](C1=O)C2(c1ccccc1)c1ccccc1. The lowest BCUT2D eigenvalue weighted by molar-refractivity contribution is -0.124. The van der Waals surface area contributed by atoms with Crippen molar-refractivity contribution in [1.82, 2.24) is 0 Å². The van der Waals surface area contributed by atoms with Crippen LogP contribution < -0.4 is 9.64 Å². The van der Waals surface area contributed by atoms with Crippen molar-refractivity contribution in [3.05, 3.63) is 95.0 Å². The standard InChI is InChI=1S/C24H18ClNO3/c1-29-19-13-12-17(25)14-18(19)26-22(27)20-21(23(26)28)24(20,15-8-4-2-5-9-15)16-10-6-3-7-11-16/h2-14,20-21H,1H3/t20-,21-/m0/s1. The van der Waals surface area contributed by atoms with Gasteiger partial charge in [0.05, 0.1) is 24.6 Å². The van der Waals surface area contributed by atoms with Gasteiger partial charge in [-0.3, -0.25) is 9.59 Å². The normalized spacial score (nSPS) is 21.8. The van der Waals surface area contributed by atoms with Crippen molar-refractivity contribution in [1.29, 1.82) is 0 Å². The summed E-state index contributed by atoms with van der Waals surface area (Å²) in [6.45, 7) is 0. The second kappa shape index (κ2) is 6.46. The minimum absolute atomic E-state index is 0.215. The van der Waals surface area contributed by atoms with Gasteiger partial charge in [0.2, 0.25) is 11.8 Å². The molecule has 1 heterocycles. The maximum Gasteiger partial charge on any atom is 0.239 e. The Morgan fingerprint density at radius 2 is 1.34 bits per heavy atom. The zero-order valence-corrected chi connectivity index (χ0v) is 16.5. The number of amides is 2. The monoisotopic (exact) mass is 403 g/mol. The molecule has 144 valence electrons. The van der Waals surface area contributed by atoms with Crippen LogP contribution in [0.2, 0.25) is 5.02 Å². The summed E-state index contributed by atoms with van der Waals surface area (Å²) in [6, 6.07) is 24.6. The molecule has 5 heteroatoms.